The molecule has 0 aliphatic heterocycles. The number of anilines is 1. The van der Waals surface area contributed by atoms with Gasteiger partial charge in [0.1, 0.15) is 11.5 Å². The zero-order valence-electron chi connectivity index (χ0n) is 11.5. The second-order valence-electron chi connectivity index (χ2n) is 4.26. The Labute approximate surface area is 146 Å². The Bertz CT molecular complexity index is 694. The monoisotopic (exact) mass is 403 g/mol. The van der Waals surface area contributed by atoms with Crippen LogP contribution in [0.15, 0.2) is 40.9 Å². The quantitative estimate of drug-likeness (QED) is 0.779. The third-order valence-electron chi connectivity index (χ3n) is 2.69. The first-order valence-corrected chi connectivity index (χ1v) is 7.75. The number of methoxy groups -OCH3 is 1. The summed E-state index contributed by atoms with van der Waals surface area (Å²) in [6.45, 7) is -0.162. The summed E-state index contributed by atoms with van der Waals surface area (Å²) in [6, 6.07) is 10.0. The minimum absolute atomic E-state index is 0.162. The molecule has 2 rings (SSSR count). The van der Waals surface area contributed by atoms with E-state index in [1.807, 2.05) is 0 Å². The van der Waals surface area contributed by atoms with Gasteiger partial charge in [0.05, 0.1) is 16.6 Å². The molecular formula is C15H12BrCl2NO3. The predicted octanol–water partition coefficient (Wildman–Crippen LogP) is 4.78. The molecule has 22 heavy (non-hydrogen) atoms. The van der Waals surface area contributed by atoms with Gasteiger partial charge in [-0.05, 0) is 52.3 Å². The molecule has 1 amide bonds. The number of rotatable bonds is 5. The van der Waals surface area contributed by atoms with E-state index in [0.29, 0.717) is 27.2 Å². The van der Waals surface area contributed by atoms with Gasteiger partial charge in [0.15, 0.2) is 6.61 Å². The summed E-state index contributed by atoms with van der Waals surface area (Å²) in [5.41, 5.74) is 0.628. The number of carbonyl (C=O) groups is 1. The van der Waals surface area contributed by atoms with Crippen LogP contribution in [0, 0.1) is 0 Å². The normalized spacial score (nSPS) is 10.2. The van der Waals surface area contributed by atoms with Gasteiger partial charge in [-0.25, -0.2) is 0 Å². The number of nitrogens with one attached hydrogen (secondary N) is 1. The summed E-state index contributed by atoms with van der Waals surface area (Å²) in [6.07, 6.45) is 0. The van der Waals surface area contributed by atoms with Crippen LogP contribution in [-0.2, 0) is 4.79 Å². The molecule has 2 aromatic rings. The van der Waals surface area contributed by atoms with Crippen LogP contribution in [0.1, 0.15) is 0 Å². The molecule has 7 heteroatoms. The molecule has 0 aromatic heterocycles. The highest BCUT2D eigenvalue weighted by Crippen LogP contribution is 2.28. The topological polar surface area (TPSA) is 47.6 Å². The van der Waals surface area contributed by atoms with Gasteiger partial charge in [-0.15, -0.1) is 0 Å². The van der Waals surface area contributed by atoms with E-state index in [9.17, 15) is 4.79 Å². The van der Waals surface area contributed by atoms with Crippen LogP contribution in [-0.4, -0.2) is 19.6 Å². The molecule has 0 radical (unpaired) electrons. The fraction of sp³-hybridized carbons (Fsp3) is 0.133. The van der Waals surface area contributed by atoms with Gasteiger partial charge in [0.2, 0.25) is 0 Å². The summed E-state index contributed by atoms with van der Waals surface area (Å²) in [4.78, 5) is 11.9. The maximum absolute atomic E-state index is 11.9. The van der Waals surface area contributed by atoms with Crippen molar-refractivity contribution in [2.24, 2.45) is 0 Å². The molecule has 0 atom stereocenters. The molecule has 2 aromatic carbocycles. The van der Waals surface area contributed by atoms with Gasteiger partial charge >= 0.3 is 0 Å². The molecule has 0 saturated heterocycles. The summed E-state index contributed by atoms with van der Waals surface area (Å²) < 4.78 is 11.2. The highest BCUT2D eigenvalue weighted by molar-refractivity contribution is 9.10. The minimum atomic E-state index is -0.303. The van der Waals surface area contributed by atoms with Crippen LogP contribution >= 0.6 is 39.1 Å². The molecule has 0 saturated carbocycles. The number of hydrogen-bond acceptors (Lipinski definition) is 3. The SMILES string of the molecule is COc1ccc(NC(=O)COc2ccc(Cl)cc2Cl)cc1Br. The lowest BCUT2D eigenvalue weighted by molar-refractivity contribution is -0.118. The summed E-state index contributed by atoms with van der Waals surface area (Å²) in [5.74, 6) is 0.780. The second-order valence-corrected chi connectivity index (χ2v) is 5.96. The van der Waals surface area contributed by atoms with Crippen LogP contribution in [0.4, 0.5) is 5.69 Å². The van der Waals surface area contributed by atoms with E-state index in [2.05, 4.69) is 21.2 Å². The minimum Gasteiger partial charge on any atom is -0.496 e. The Morgan fingerprint density at radius 2 is 1.91 bits per heavy atom. The zero-order valence-corrected chi connectivity index (χ0v) is 14.6. The molecule has 4 nitrogen and oxygen atoms in total. The lowest BCUT2D eigenvalue weighted by Crippen LogP contribution is -2.20. The second kappa shape index (κ2) is 7.72. The van der Waals surface area contributed by atoms with E-state index in [0.717, 1.165) is 4.47 Å². The molecule has 0 fully saturated rings. The van der Waals surface area contributed by atoms with Crippen LogP contribution < -0.4 is 14.8 Å². The number of amides is 1. The summed E-state index contributed by atoms with van der Waals surface area (Å²) in [7, 11) is 1.57. The zero-order chi connectivity index (χ0) is 16.1. The summed E-state index contributed by atoms with van der Waals surface area (Å²) >= 11 is 15.1. The fourth-order valence-electron chi connectivity index (χ4n) is 1.68. The number of carbonyl (C=O) groups excluding carboxylic acids is 1. The average Bonchev–Trinajstić information content (AvgIpc) is 2.46. The lowest BCUT2D eigenvalue weighted by Gasteiger charge is -2.10. The molecule has 0 bridgehead atoms. The van der Waals surface area contributed by atoms with Gasteiger partial charge in [-0.2, -0.15) is 0 Å². The first kappa shape index (κ1) is 16.9. The van der Waals surface area contributed by atoms with Gasteiger partial charge in [0.25, 0.3) is 5.91 Å². The first-order valence-electron chi connectivity index (χ1n) is 6.21. The molecule has 0 heterocycles. The van der Waals surface area contributed by atoms with E-state index >= 15 is 0 Å². The first-order chi connectivity index (χ1) is 10.5. The van der Waals surface area contributed by atoms with Crippen molar-refractivity contribution < 1.29 is 14.3 Å². The van der Waals surface area contributed by atoms with Crippen LogP contribution in [0.25, 0.3) is 0 Å². The van der Waals surface area contributed by atoms with Gasteiger partial charge in [0, 0.05) is 10.7 Å². The van der Waals surface area contributed by atoms with Crippen molar-refractivity contribution in [2.45, 2.75) is 0 Å². The third kappa shape index (κ3) is 4.53. The number of benzene rings is 2. The van der Waals surface area contributed by atoms with Crippen LogP contribution in [0.3, 0.4) is 0 Å². The Balaban J connectivity index is 1.94. The average molecular weight is 405 g/mol. The van der Waals surface area contributed by atoms with Gasteiger partial charge < -0.3 is 14.8 Å². The summed E-state index contributed by atoms with van der Waals surface area (Å²) in [5, 5.41) is 3.58. The Morgan fingerprint density at radius 3 is 2.55 bits per heavy atom. The van der Waals surface area contributed by atoms with Crippen molar-refractivity contribution in [1.82, 2.24) is 0 Å². The van der Waals surface area contributed by atoms with Crippen molar-refractivity contribution >= 4 is 50.7 Å². The van der Waals surface area contributed by atoms with Gasteiger partial charge in [-0.3, -0.25) is 4.79 Å². The van der Waals surface area contributed by atoms with Crippen LogP contribution in [0.5, 0.6) is 11.5 Å². The lowest BCUT2D eigenvalue weighted by atomic mass is 10.3. The largest absolute Gasteiger partial charge is 0.496 e. The van der Waals surface area contributed by atoms with Crippen LogP contribution in [0.2, 0.25) is 10.0 Å². The van der Waals surface area contributed by atoms with Crippen molar-refractivity contribution in [3.8, 4) is 11.5 Å². The molecule has 116 valence electrons. The van der Waals surface area contributed by atoms with Crippen molar-refractivity contribution in [3.63, 3.8) is 0 Å². The Morgan fingerprint density at radius 1 is 1.18 bits per heavy atom. The van der Waals surface area contributed by atoms with E-state index < -0.39 is 0 Å². The third-order valence-corrected chi connectivity index (χ3v) is 3.84. The van der Waals surface area contributed by atoms with Crippen molar-refractivity contribution in [2.75, 3.05) is 19.0 Å². The number of hydrogen-bond donors (Lipinski definition) is 1. The van der Waals surface area contributed by atoms with Gasteiger partial charge in [-0.1, -0.05) is 23.2 Å². The van der Waals surface area contributed by atoms with Crippen molar-refractivity contribution in [3.05, 3.63) is 50.9 Å². The Hall–Kier alpha value is -1.43. The molecule has 0 aliphatic rings. The van der Waals surface area contributed by atoms with E-state index in [1.54, 1.807) is 43.5 Å². The fourth-order valence-corrected chi connectivity index (χ4v) is 2.68. The highest BCUT2D eigenvalue weighted by Gasteiger charge is 2.08. The van der Waals surface area contributed by atoms with E-state index in [4.69, 9.17) is 32.7 Å². The smallest absolute Gasteiger partial charge is 0.262 e. The molecule has 0 aliphatic carbocycles. The molecule has 0 unspecified atom stereocenters. The molecule has 0 spiro atoms. The Kier molecular flexibility index (Phi) is 5.94. The molecule has 1 N–H and O–H groups in total. The maximum Gasteiger partial charge on any atom is 0.262 e. The van der Waals surface area contributed by atoms with Crippen molar-refractivity contribution in [1.29, 1.82) is 0 Å². The standard InChI is InChI=1S/C15H12BrCl2NO3/c1-21-13-5-3-10(7-11(13)16)19-15(20)8-22-14-4-2-9(17)6-12(14)18/h2-7H,8H2,1H3,(H,19,20). The predicted molar refractivity (Wildman–Crippen MR) is 91.3 cm³/mol. The number of halogens is 3. The number of ether oxygens (including phenoxy) is 2. The molecular weight excluding hydrogens is 393 g/mol. The van der Waals surface area contributed by atoms with E-state index in [1.165, 1.54) is 0 Å². The van der Waals surface area contributed by atoms with E-state index in [-0.39, 0.29) is 12.5 Å². The maximum atomic E-state index is 11.9. The highest BCUT2D eigenvalue weighted by atomic mass is 79.9.